The summed E-state index contributed by atoms with van der Waals surface area (Å²) < 4.78 is 13.6. The number of allylic oxidation sites excluding steroid dienone is 4. The van der Waals surface area contributed by atoms with Gasteiger partial charge in [-0.3, -0.25) is 0 Å². The van der Waals surface area contributed by atoms with E-state index in [1.165, 1.54) is 46.5 Å². The number of hydrogen-bond acceptors (Lipinski definition) is 0. The van der Waals surface area contributed by atoms with Crippen molar-refractivity contribution in [3.63, 3.8) is 0 Å². The second kappa shape index (κ2) is 12.4. The van der Waals surface area contributed by atoms with Crippen LogP contribution in [-0.2, 0) is 35.5 Å². The molecule has 4 aromatic carbocycles. The molecular weight excluding hydrogens is 790 g/mol. The molecule has 0 atom stereocenters. The summed E-state index contributed by atoms with van der Waals surface area (Å²) in [4.78, 5) is 0. The summed E-state index contributed by atoms with van der Waals surface area (Å²) in [6.45, 7) is 14.0. The topological polar surface area (TPSA) is 0 Å². The summed E-state index contributed by atoms with van der Waals surface area (Å²) >= 11 is 2.93. The molecule has 0 radical (unpaired) electrons. The summed E-state index contributed by atoms with van der Waals surface area (Å²) in [5.74, 6) is 0. The average molecular weight is 833 g/mol. The van der Waals surface area contributed by atoms with Gasteiger partial charge in [0.1, 0.15) is 0 Å². The molecule has 0 bridgehead atoms. The van der Waals surface area contributed by atoms with Crippen molar-refractivity contribution >= 4 is 70.7 Å². The number of halogens is 4. The van der Waals surface area contributed by atoms with Crippen molar-refractivity contribution in [2.45, 2.75) is 65.2 Å². The standard InChI is InChI=1S/C21H25.2C6H4Br.C5H5.CH2.2ClH.Zr/c1-20(2,3)16-9-7-14-11-15-8-10-17(21(4,5)6)13-19(15)18(14)12-16;2*7-6-4-2-1-3-5-6;1-2-4-5-3-1;;;;/h7,9-10,12-13H,11H2,1-6H3;2*1-2,4-5H;1-3H,4H2;1H2;2*1H;. The van der Waals surface area contributed by atoms with Crippen molar-refractivity contribution in [1.29, 1.82) is 0 Å². The van der Waals surface area contributed by atoms with Gasteiger partial charge in [-0.05, 0) is 0 Å². The van der Waals surface area contributed by atoms with Gasteiger partial charge in [-0.15, -0.1) is 24.8 Å². The maximum absolute atomic E-state index is 5.66. The van der Waals surface area contributed by atoms with E-state index >= 15 is 0 Å². The third kappa shape index (κ3) is 5.62. The van der Waals surface area contributed by atoms with Gasteiger partial charge in [0, 0.05) is 0 Å². The van der Waals surface area contributed by atoms with Crippen LogP contribution in [0, 0.1) is 0 Å². The zero-order chi connectivity index (χ0) is 30.1. The van der Waals surface area contributed by atoms with Crippen molar-refractivity contribution in [3.05, 3.63) is 132 Å². The Morgan fingerprint density at radius 3 is 1.75 bits per heavy atom. The molecule has 2 aliphatic rings. The Balaban J connectivity index is 0.00000221. The van der Waals surface area contributed by atoms with Crippen LogP contribution in [0.5, 0.6) is 0 Å². The van der Waals surface area contributed by atoms with Crippen molar-refractivity contribution in [1.82, 2.24) is 0 Å². The summed E-state index contributed by atoms with van der Waals surface area (Å²) in [7, 11) is 0. The third-order valence-corrected chi connectivity index (χ3v) is 26.9. The van der Waals surface area contributed by atoms with Crippen LogP contribution in [0.2, 0.25) is 0 Å². The molecule has 44 heavy (non-hydrogen) atoms. The Bertz CT molecular complexity index is 1830. The van der Waals surface area contributed by atoms with E-state index in [-0.39, 0.29) is 35.6 Å². The molecule has 6 rings (SSSR count). The Kier molecular flexibility index (Phi) is 9.97. The van der Waals surface area contributed by atoms with Gasteiger partial charge in [0.25, 0.3) is 0 Å². The Morgan fingerprint density at radius 1 is 0.682 bits per heavy atom. The fourth-order valence-electron chi connectivity index (χ4n) is 7.21. The summed E-state index contributed by atoms with van der Waals surface area (Å²) in [5.41, 5.74) is 8.54. The zero-order valence-electron chi connectivity index (χ0n) is 26.4. The van der Waals surface area contributed by atoms with Crippen LogP contribution in [0.3, 0.4) is 0 Å². The summed E-state index contributed by atoms with van der Waals surface area (Å²) in [6.07, 6.45) is 8.85. The normalized spacial score (nSPS) is 14.3. The fraction of sp³-hybridized carbons (Fsp3) is 0.256. The SMILES string of the molecule is Cl.Cl.[CH2]=[Zr]([C]1=CC=CC1)([c]1cccc(Br)c1)([c]1cccc(Br)c1)[c]1cc(C(C)(C)C)cc2c1Cc1ccc(C(C)(C)C)cc1-2. The molecule has 0 spiro atoms. The molecule has 0 fully saturated rings. The minimum absolute atomic E-state index is 0. The van der Waals surface area contributed by atoms with Crippen LogP contribution in [0.25, 0.3) is 11.1 Å². The zero-order valence-corrected chi connectivity index (χ0v) is 33.7. The van der Waals surface area contributed by atoms with E-state index in [0.717, 1.165) is 21.8 Å². The molecule has 0 heterocycles. The molecule has 5 heteroatoms. The molecule has 230 valence electrons. The van der Waals surface area contributed by atoms with Gasteiger partial charge >= 0.3 is 272 Å². The molecule has 0 nitrogen and oxygen atoms in total. The maximum atomic E-state index is 5.66. The monoisotopic (exact) mass is 828 g/mol. The molecule has 0 amide bonds. The number of rotatable bonds is 4. The van der Waals surface area contributed by atoms with Crippen LogP contribution in [0.4, 0.5) is 0 Å². The van der Waals surface area contributed by atoms with Gasteiger partial charge in [0.15, 0.2) is 0 Å². The predicted octanol–water partition coefficient (Wildman–Crippen LogP) is 10.5. The molecule has 2 aliphatic carbocycles. The van der Waals surface area contributed by atoms with E-state index in [1.54, 1.807) is 0 Å². The summed E-state index contributed by atoms with van der Waals surface area (Å²) in [6, 6.07) is 30.4. The molecule has 0 unspecified atom stereocenters. The fourth-order valence-corrected chi connectivity index (χ4v) is 24.6. The molecular formula is C39H42Br2Cl2Zr. The van der Waals surface area contributed by atoms with E-state index in [1.807, 2.05) is 0 Å². The van der Waals surface area contributed by atoms with Crippen molar-refractivity contribution in [2.24, 2.45) is 0 Å². The second-order valence-corrected chi connectivity index (χ2v) is 29.1. The predicted molar refractivity (Wildman–Crippen MR) is 203 cm³/mol. The van der Waals surface area contributed by atoms with E-state index < -0.39 is 18.3 Å². The van der Waals surface area contributed by atoms with Crippen molar-refractivity contribution < 1.29 is 18.3 Å². The molecule has 0 aromatic heterocycles. The van der Waals surface area contributed by atoms with E-state index in [2.05, 4.69) is 170 Å². The van der Waals surface area contributed by atoms with Gasteiger partial charge in [0.2, 0.25) is 0 Å². The Morgan fingerprint density at radius 2 is 1.25 bits per heavy atom. The third-order valence-electron chi connectivity index (χ3n) is 9.75. The van der Waals surface area contributed by atoms with Crippen LogP contribution in [0.1, 0.15) is 70.2 Å². The molecule has 4 aromatic rings. The molecule has 0 saturated heterocycles. The van der Waals surface area contributed by atoms with Crippen LogP contribution >= 0.6 is 56.7 Å². The molecule has 0 saturated carbocycles. The molecule has 0 aliphatic heterocycles. The van der Waals surface area contributed by atoms with E-state index in [4.69, 9.17) is 4.21 Å². The Labute approximate surface area is 294 Å². The van der Waals surface area contributed by atoms with Gasteiger partial charge in [-0.25, -0.2) is 0 Å². The van der Waals surface area contributed by atoms with E-state index in [0.29, 0.717) is 0 Å². The van der Waals surface area contributed by atoms with Crippen LogP contribution in [0.15, 0.2) is 109 Å². The number of fused-ring (bicyclic) bond motifs is 3. The van der Waals surface area contributed by atoms with Crippen LogP contribution in [-0.4, -0.2) is 4.21 Å². The van der Waals surface area contributed by atoms with Gasteiger partial charge in [0.05, 0.1) is 0 Å². The number of hydrogen-bond donors (Lipinski definition) is 0. The number of benzene rings is 4. The average Bonchev–Trinajstić information content (AvgIpc) is 3.60. The summed E-state index contributed by atoms with van der Waals surface area (Å²) in [5, 5.41) is 0. The first-order chi connectivity index (χ1) is 19.7. The minimum atomic E-state index is -4.81. The van der Waals surface area contributed by atoms with Crippen molar-refractivity contribution in [2.75, 3.05) is 0 Å². The Hall–Kier alpha value is -1.35. The second-order valence-electron chi connectivity index (χ2n) is 14.4. The van der Waals surface area contributed by atoms with E-state index in [9.17, 15) is 0 Å². The van der Waals surface area contributed by atoms with Gasteiger partial charge in [-0.2, -0.15) is 0 Å². The van der Waals surface area contributed by atoms with Gasteiger partial charge < -0.3 is 0 Å². The molecule has 0 N–H and O–H groups in total. The van der Waals surface area contributed by atoms with Gasteiger partial charge in [-0.1, -0.05) is 0 Å². The first kappa shape index (κ1) is 35.5. The first-order valence-corrected chi connectivity index (χ1v) is 23.2. The van der Waals surface area contributed by atoms with Crippen molar-refractivity contribution in [3.8, 4) is 11.1 Å². The van der Waals surface area contributed by atoms with Crippen LogP contribution < -0.4 is 9.81 Å². The quantitative estimate of drug-likeness (QED) is 0.169. The first-order valence-electron chi connectivity index (χ1n) is 14.9.